The number of hydrogen-bond donors (Lipinski definition) is 0. The molecule has 4 heteroatoms. The zero-order valence-electron chi connectivity index (χ0n) is 28.2. The topological polar surface area (TPSA) is 34.0 Å². The average Bonchev–Trinajstić information content (AvgIpc) is 3.67. The van der Waals surface area contributed by atoms with Crippen molar-refractivity contribution < 1.29 is 0 Å². The summed E-state index contributed by atoms with van der Waals surface area (Å²) in [6.45, 7) is 2.33. The number of rotatable bonds is 5. The Balaban J connectivity index is 1.20. The van der Waals surface area contributed by atoms with E-state index in [0.29, 0.717) is 0 Å². The molecule has 4 nitrogen and oxygen atoms in total. The summed E-state index contributed by atoms with van der Waals surface area (Å²) in [5, 5.41) is 1.15. The summed E-state index contributed by atoms with van der Waals surface area (Å²) >= 11 is 0. The molecule has 0 saturated heterocycles. The number of allylic oxidation sites excluding steroid dienone is 2. The Morgan fingerprint density at radius 2 is 1.18 bits per heavy atom. The number of hydrogen-bond acceptors (Lipinski definition) is 3. The largest absolute Gasteiger partial charge is 0.329 e. The quantitative estimate of drug-likeness (QED) is 0.185. The molecule has 2 aliphatic rings. The second-order valence-corrected chi connectivity index (χ2v) is 13.6. The number of aromatic nitrogens is 3. The van der Waals surface area contributed by atoms with Crippen molar-refractivity contribution in [3.8, 4) is 39.1 Å². The van der Waals surface area contributed by atoms with Crippen molar-refractivity contribution in [1.82, 2.24) is 14.5 Å². The molecule has 0 fully saturated rings. The molecule has 8 aromatic rings. The SMILES string of the molecule is CC12C=CC=CC1c1ncccc1N2c1ccc(-c2ccc(-n3c4ccccc4c4ncccc43)cc2-c2ccccc2)c(-c2ccccc2)c1. The minimum atomic E-state index is -0.269. The maximum absolute atomic E-state index is 4.89. The Bertz CT molecular complexity index is 2620. The lowest BCUT2D eigenvalue weighted by Crippen LogP contribution is -2.42. The maximum atomic E-state index is 4.89. The van der Waals surface area contributed by atoms with Crippen LogP contribution in [0.5, 0.6) is 0 Å². The second kappa shape index (κ2) is 11.5. The molecular formula is C47H34N4. The van der Waals surface area contributed by atoms with E-state index < -0.39 is 0 Å². The Labute approximate surface area is 297 Å². The molecule has 1 aliphatic carbocycles. The van der Waals surface area contributed by atoms with Crippen molar-refractivity contribution in [3.05, 3.63) is 188 Å². The van der Waals surface area contributed by atoms with Gasteiger partial charge in [0.15, 0.2) is 0 Å². The van der Waals surface area contributed by atoms with Gasteiger partial charge >= 0.3 is 0 Å². The van der Waals surface area contributed by atoms with Gasteiger partial charge in [0.25, 0.3) is 0 Å². The molecular weight excluding hydrogens is 621 g/mol. The highest BCUT2D eigenvalue weighted by Crippen LogP contribution is 2.54. The molecule has 0 amide bonds. The van der Waals surface area contributed by atoms with Crippen LogP contribution < -0.4 is 4.90 Å². The van der Waals surface area contributed by atoms with Gasteiger partial charge in [0.05, 0.1) is 33.5 Å². The molecule has 0 bridgehead atoms. The molecule has 10 rings (SSSR count). The van der Waals surface area contributed by atoms with Crippen LogP contribution in [0.4, 0.5) is 11.4 Å². The van der Waals surface area contributed by atoms with Crippen LogP contribution in [0.3, 0.4) is 0 Å². The van der Waals surface area contributed by atoms with Gasteiger partial charge in [0.2, 0.25) is 0 Å². The van der Waals surface area contributed by atoms with E-state index in [0.717, 1.165) is 44.7 Å². The summed E-state index contributed by atoms with van der Waals surface area (Å²) in [5.41, 5.74) is 14.6. The lowest BCUT2D eigenvalue weighted by Gasteiger charge is -2.39. The second-order valence-electron chi connectivity index (χ2n) is 13.6. The molecule has 0 N–H and O–H groups in total. The number of para-hydroxylation sites is 1. The third-order valence-corrected chi connectivity index (χ3v) is 10.7. The molecule has 5 aromatic carbocycles. The van der Waals surface area contributed by atoms with Crippen LogP contribution in [0, 0.1) is 0 Å². The number of benzene rings is 5. The molecule has 0 spiro atoms. The Morgan fingerprint density at radius 1 is 0.549 bits per heavy atom. The average molecular weight is 655 g/mol. The van der Waals surface area contributed by atoms with Crippen LogP contribution in [0.25, 0.3) is 61.0 Å². The molecule has 1 aliphatic heterocycles. The van der Waals surface area contributed by atoms with Crippen molar-refractivity contribution in [2.24, 2.45) is 0 Å². The normalized spacial score (nSPS) is 17.6. The van der Waals surface area contributed by atoms with Crippen LogP contribution in [0.2, 0.25) is 0 Å². The van der Waals surface area contributed by atoms with Crippen molar-refractivity contribution in [2.45, 2.75) is 18.4 Å². The van der Waals surface area contributed by atoms with E-state index in [1.807, 2.05) is 24.5 Å². The molecule has 3 aromatic heterocycles. The number of nitrogens with zero attached hydrogens (tertiary/aromatic N) is 4. The van der Waals surface area contributed by atoms with E-state index in [1.54, 1.807) is 0 Å². The van der Waals surface area contributed by atoms with E-state index in [-0.39, 0.29) is 11.5 Å². The van der Waals surface area contributed by atoms with Crippen molar-refractivity contribution in [2.75, 3.05) is 4.90 Å². The fraction of sp³-hybridized carbons (Fsp3) is 0.0638. The maximum Gasteiger partial charge on any atom is 0.0963 e. The van der Waals surface area contributed by atoms with Crippen LogP contribution in [-0.2, 0) is 0 Å². The highest BCUT2D eigenvalue weighted by atomic mass is 15.2. The Morgan fingerprint density at radius 3 is 1.94 bits per heavy atom. The zero-order valence-corrected chi connectivity index (χ0v) is 28.2. The summed E-state index contributed by atoms with van der Waals surface area (Å²) in [6.07, 6.45) is 12.7. The monoisotopic (exact) mass is 654 g/mol. The van der Waals surface area contributed by atoms with Crippen molar-refractivity contribution in [1.29, 1.82) is 0 Å². The van der Waals surface area contributed by atoms with E-state index >= 15 is 0 Å². The first kappa shape index (κ1) is 29.4. The van der Waals surface area contributed by atoms with Gasteiger partial charge in [-0.05, 0) is 94.9 Å². The van der Waals surface area contributed by atoms with Crippen molar-refractivity contribution in [3.63, 3.8) is 0 Å². The molecule has 4 heterocycles. The van der Waals surface area contributed by atoms with Gasteiger partial charge in [-0.3, -0.25) is 9.97 Å². The molecule has 0 saturated carbocycles. The van der Waals surface area contributed by atoms with Gasteiger partial charge in [0, 0.05) is 35.1 Å². The van der Waals surface area contributed by atoms with E-state index in [1.165, 1.54) is 33.4 Å². The highest BCUT2D eigenvalue weighted by molar-refractivity contribution is 6.07. The van der Waals surface area contributed by atoms with Gasteiger partial charge < -0.3 is 9.47 Å². The van der Waals surface area contributed by atoms with Crippen LogP contribution in [-0.4, -0.2) is 20.1 Å². The third kappa shape index (κ3) is 4.53. The summed E-state index contributed by atoms with van der Waals surface area (Å²) in [7, 11) is 0. The van der Waals surface area contributed by atoms with Crippen LogP contribution >= 0.6 is 0 Å². The molecule has 242 valence electrons. The predicted octanol–water partition coefficient (Wildman–Crippen LogP) is 11.7. The van der Waals surface area contributed by atoms with Gasteiger partial charge in [-0.15, -0.1) is 0 Å². The summed E-state index contributed by atoms with van der Waals surface area (Å²) in [5.74, 6) is 0.173. The lowest BCUT2D eigenvalue weighted by atomic mass is 9.82. The van der Waals surface area contributed by atoms with Crippen LogP contribution in [0.1, 0.15) is 18.5 Å². The van der Waals surface area contributed by atoms with Gasteiger partial charge in [-0.2, -0.15) is 0 Å². The number of pyridine rings is 2. The predicted molar refractivity (Wildman–Crippen MR) is 211 cm³/mol. The van der Waals surface area contributed by atoms with E-state index in [9.17, 15) is 0 Å². The fourth-order valence-electron chi connectivity index (χ4n) is 8.41. The zero-order chi connectivity index (χ0) is 33.9. The minimum Gasteiger partial charge on any atom is -0.329 e. The molecule has 0 radical (unpaired) electrons. The minimum absolute atomic E-state index is 0.173. The van der Waals surface area contributed by atoms with Crippen molar-refractivity contribution >= 4 is 33.3 Å². The van der Waals surface area contributed by atoms with E-state index in [2.05, 4.69) is 174 Å². The highest BCUT2D eigenvalue weighted by Gasteiger charge is 2.48. The Kier molecular flexibility index (Phi) is 6.65. The molecule has 51 heavy (non-hydrogen) atoms. The third-order valence-electron chi connectivity index (χ3n) is 10.7. The first-order valence-electron chi connectivity index (χ1n) is 17.5. The van der Waals surface area contributed by atoms with Crippen LogP contribution in [0.15, 0.2) is 182 Å². The first-order chi connectivity index (χ1) is 25.2. The smallest absolute Gasteiger partial charge is 0.0963 e. The molecule has 2 atom stereocenters. The van der Waals surface area contributed by atoms with Gasteiger partial charge in [0.1, 0.15) is 0 Å². The van der Waals surface area contributed by atoms with E-state index in [4.69, 9.17) is 9.97 Å². The summed E-state index contributed by atoms with van der Waals surface area (Å²) < 4.78 is 2.34. The summed E-state index contributed by atoms with van der Waals surface area (Å²) in [4.78, 5) is 12.2. The summed E-state index contributed by atoms with van der Waals surface area (Å²) in [6, 6.07) is 52.4. The fourth-order valence-corrected chi connectivity index (χ4v) is 8.41. The number of anilines is 2. The Hall–Kier alpha value is -6.52. The molecule has 2 unspecified atom stereocenters. The lowest BCUT2D eigenvalue weighted by molar-refractivity contribution is 0.537. The van der Waals surface area contributed by atoms with Gasteiger partial charge in [-0.25, -0.2) is 0 Å². The van der Waals surface area contributed by atoms with Gasteiger partial charge in [-0.1, -0.05) is 115 Å². The first-order valence-corrected chi connectivity index (χ1v) is 17.5. The standard InChI is InChI=1S/C47H34N4/c1-47-27-11-10-19-41(47)46-44(22-13-29-49-46)51(47)35-24-26-37(40(31-35)33-16-6-3-7-17-33)36-25-23-34(30-39(36)32-14-4-2-5-15-32)50-42-20-9-8-18-38(42)45-43(50)21-12-28-48-45/h2-31,41H,1H3. The number of fused-ring (bicyclic) bond motifs is 6.